The van der Waals surface area contributed by atoms with Crippen molar-refractivity contribution in [3.63, 3.8) is 0 Å². The van der Waals surface area contributed by atoms with Crippen LogP contribution >= 0.6 is 31.9 Å². The summed E-state index contributed by atoms with van der Waals surface area (Å²) in [4.78, 5) is 15.3. The number of hydrogen-bond donors (Lipinski definition) is 1. The van der Waals surface area contributed by atoms with Gasteiger partial charge in [0, 0.05) is 20.6 Å². The average molecular weight is 549 g/mol. The molecule has 0 aliphatic heterocycles. The van der Waals surface area contributed by atoms with Gasteiger partial charge in [-0.15, -0.1) is 0 Å². The molecule has 0 saturated heterocycles. The number of hydrogen-bond acceptors (Lipinski definition) is 5. The lowest BCUT2D eigenvalue weighted by Gasteiger charge is -2.13. The van der Waals surface area contributed by atoms with Crippen molar-refractivity contribution in [2.24, 2.45) is 5.16 Å². The molecule has 3 rings (SSSR count). The van der Waals surface area contributed by atoms with Crippen molar-refractivity contribution in [3.05, 3.63) is 92.4 Å². The van der Waals surface area contributed by atoms with E-state index in [1.165, 1.54) is 6.21 Å². The predicted octanol–water partition coefficient (Wildman–Crippen LogP) is 5.80. The van der Waals surface area contributed by atoms with Crippen molar-refractivity contribution in [2.75, 3.05) is 6.61 Å². The highest BCUT2D eigenvalue weighted by Gasteiger charge is 2.07. The minimum atomic E-state index is -1.10. The average Bonchev–Trinajstić information content (AvgIpc) is 2.74. The van der Waals surface area contributed by atoms with Crippen LogP contribution in [0.2, 0.25) is 0 Å². The normalized spacial score (nSPS) is 10.8. The van der Waals surface area contributed by atoms with E-state index < -0.39 is 12.6 Å². The van der Waals surface area contributed by atoms with E-state index in [9.17, 15) is 4.79 Å². The zero-order chi connectivity index (χ0) is 22.1. The summed E-state index contributed by atoms with van der Waals surface area (Å²) in [6.07, 6.45) is 1.41. The van der Waals surface area contributed by atoms with E-state index in [-0.39, 0.29) is 0 Å². The number of halogens is 2. The van der Waals surface area contributed by atoms with Crippen molar-refractivity contribution >= 4 is 44.0 Å². The largest absolute Gasteiger partial charge is 0.489 e. The minimum Gasteiger partial charge on any atom is -0.489 e. The zero-order valence-electron chi connectivity index (χ0n) is 16.3. The number of carboxylic acids is 1. The third-order valence-corrected chi connectivity index (χ3v) is 5.00. The summed E-state index contributed by atoms with van der Waals surface area (Å²) in [6.45, 7) is 0.226. The Kier molecular flexibility index (Phi) is 8.49. The minimum absolute atomic E-state index is 0.339. The monoisotopic (exact) mass is 547 g/mol. The summed E-state index contributed by atoms with van der Waals surface area (Å²) in [5.41, 5.74) is 2.65. The molecule has 0 radical (unpaired) electrons. The van der Waals surface area contributed by atoms with Gasteiger partial charge in [0.25, 0.3) is 0 Å². The molecule has 0 bridgehead atoms. The molecule has 3 aromatic carbocycles. The third kappa shape index (κ3) is 7.73. The lowest BCUT2D eigenvalue weighted by atomic mass is 10.2. The van der Waals surface area contributed by atoms with E-state index in [0.29, 0.717) is 30.3 Å². The van der Waals surface area contributed by atoms with Crippen molar-refractivity contribution in [3.8, 4) is 11.5 Å². The summed E-state index contributed by atoms with van der Waals surface area (Å²) in [6, 6.07) is 21.0. The molecule has 0 heterocycles. The van der Waals surface area contributed by atoms with Gasteiger partial charge in [0.15, 0.2) is 0 Å². The first-order valence-electron chi connectivity index (χ1n) is 9.25. The van der Waals surface area contributed by atoms with Gasteiger partial charge in [-0.05, 0) is 47.5 Å². The lowest BCUT2D eigenvalue weighted by molar-refractivity contribution is -0.142. The number of oxime groups is 1. The molecule has 0 atom stereocenters. The standard InChI is InChI=1S/C23H19Br2NO5/c24-19-5-1-3-16(9-19)13-29-21-8-7-18(12-26-31-15-23(27)28)22(11-21)30-14-17-4-2-6-20(25)10-17/h1-12H,13-15H2,(H,27,28). The van der Waals surface area contributed by atoms with Crippen LogP contribution in [0.1, 0.15) is 16.7 Å². The Morgan fingerprint density at radius 1 is 0.903 bits per heavy atom. The molecule has 160 valence electrons. The van der Waals surface area contributed by atoms with Crippen molar-refractivity contribution in [1.29, 1.82) is 0 Å². The van der Waals surface area contributed by atoms with Crippen molar-refractivity contribution < 1.29 is 24.2 Å². The molecule has 0 fully saturated rings. The van der Waals surface area contributed by atoms with Crippen LogP contribution in [-0.4, -0.2) is 23.9 Å². The molecule has 1 N–H and O–H groups in total. The second kappa shape index (κ2) is 11.5. The van der Waals surface area contributed by atoms with Crippen LogP contribution < -0.4 is 9.47 Å². The number of ether oxygens (including phenoxy) is 2. The summed E-state index contributed by atoms with van der Waals surface area (Å²) in [7, 11) is 0. The molecular weight excluding hydrogens is 530 g/mol. The Bertz CT molecular complexity index is 1070. The van der Waals surface area contributed by atoms with E-state index >= 15 is 0 Å². The van der Waals surface area contributed by atoms with Gasteiger partial charge in [-0.25, -0.2) is 4.79 Å². The maximum absolute atomic E-state index is 10.6. The molecule has 0 spiro atoms. The van der Waals surface area contributed by atoms with Crippen LogP contribution in [0.3, 0.4) is 0 Å². The highest BCUT2D eigenvalue weighted by atomic mass is 79.9. The predicted molar refractivity (Wildman–Crippen MR) is 125 cm³/mol. The second-order valence-electron chi connectivity index (χ2n) is 6.44. The molecule has 3 aromatic rings. The summed E-state index contributed by atoms with van der Waals surface area (Å²) in [5, 5.41) is 12.4. The number of nitrogens with zero attached hydrogens (tertiary/aromatic N) is 1. The molecule has 0 saturated carbocycles. The van der Waals surface area contributed by atoms with Crippen LogP contribution in [0.15, 0.2) is 80.8 Å². The maximum Gasteiger partial charge on any atom is 0.344 e. The fourth-order valence-corrected chi connectivity index (χ4v) is 3.50. The summed E-state index contributed by atoms with van der Waals surface area (Å²) in [5.74, 6) is 0.0711. The SMILES string of the molecule is O=C(O)CON=Cc1ccc(OCc2cccc(Br)c2)cc1OCc1cccc(Br)c1. The summed E-state index contributed by atoms with van der Waals surface area (Å²) < 4.78 is 13.9. The number of rotatable bonds is 10. The van der Waals surface area contributed by atoms with Crippen molar-refractivity contribution in [1.82, 2.24) is 0 Å². The quantitative estimate of drug-likeness (QED) is 0.256. The van der Waals surface area contributed by atoms with Crippen LogP contribution in [-0.2, 0) is 22.8 Å². The third-order valence-electron chi connectivity index (χ3n) is 4.02. The molecule has 31 heavy (non-hydrogen) atoms. The maximum atomic E-state index is 10.6. The number of carbonyl (C=O) groups is 1. The van der Waals surface area contributed by atoms with Crippen molar-refractivity contribution in [2.45, 2.75) is 13.2 Å². The molecule has 0 aliphatic carbocycles. The Hall–Kier alpha value is -2.84. The number of aliphatic carboxylic acids is 1. The smallest absolute Gasteiger partial charge is 0.344 e. The highest BCUT2D eigenvalue weighted by Crippen LogP contribution is 2.26. The van der Waals surface area contributed by atoms with Gasteiger partial charge in [-0.2, -0.15) is 0 Å². The van der Waals surface area contributed by atoms with Crippen LogP contribution in [0, 0.1) is 0 Å². The van der Waals surface area contributed by atoms with E-state index in [4.69, 9.17) is 19.4 Å². The first-order chi connectivity index (χ1) is 15.0. The number of benzene rings is 3. The fourth-order valence-electron chi connectivity index (χ4n) is 2.60. The van der Waals surface area contributed by atoms with Gasteiger partial charge in [-0.1, -0.05) is 61.3 Å². The molecule has 0 unspecified atom stereocenters. The van der Waals surface area contributed by atoms with Gasteiger partial charge in [0.2, 0.25) is 6.61 Å². The van der Waals surface area contributed by atoms with Gasteiger partial charge in [0.1, 0.15) is 24.7 Å². The molecule has 6 nitrogen and oxygen atoms in total. The number of carboxylic acid groups (broad SMARTS) is 1. The first kappa shape index (κ1) is 22.8. The Morgan fingerprint density at radius 2 is 1.55 bits per heavy atom. The van der Waals surface area contributed by atoms with Gasteiger partial charge in [-0.3, -0.25) is 0 Å². The topological polar surface area (TPSA) is 77.4 Å². The van der Waals surface area contributed by atoms with Crippen LogP contribution in [0.5, 0.6) is 11.5 Å². The highest BCUT2D eigenvalue weighted by molar-refractivity contribution is 9.10. The van der Waals surface area contributed by atoms with E-state index in [0.717, 1.165) is 20.1 Å². The van der Waals surface area contributed by atoms with Crippen LogP contribution in [0.25, 0.3) is 0 Å². The first-order valence-corrected chi connectivity index (χ1v) is 10.8. The lowest BCUT2D eigenvalue weighted by Crippen LogP contribution is -2.04. The Morgan fingerprint density at radius 3 is 2.16 bits per heavy atom. The second-order valence-corrected chi connectivity index (χ2v) is 8.27. The molecule has 0 aromatic heterocycles. The molecule has 0 aliphatic rings. The van der Waals surface area contributed by atoms with Gasteiger partial charge < -0.3 is 19.4 Å². The molecular formula is C23H19Br2NO5. The van der Waals surface area contributed by atoms with E-state index in [1.54, 1.807) is 18.2 Å². The van der Waals surface area contributed by atoms with Crippen LogP contribution in [0.4, 0.5) is 0 Å². The Labute approximate surface area is 196 Å². The zero-order valence-corrected chi connectivity index (χ0v) is 19.5. The van der Waals surface area contributed by atoms with E-state index in [2.05, 4.69) is 37.0 Å². The Balaban J connectivity index is 1.74. The molecule has 0 amide bonds. The van der Waals surface area contributed by atoms with E-state index in [1.807, 2.05) is 48.5 Å². The molecule has 8 heteroatoms. The fraction of sp³-hybridized carbons (Fsp3) is 0.130. The van der Waals surface area contributed by atoms with Gasteiger partial charge >= 0.3 is 5.97 Å². The summed E-state index contributed by atoms with van der Waals surface area (Å²) >= 11 is 6.91. The van der Waals surface area contributed by atoms with Gasteiger partial charge in [0.05, 0.1) is 6.21 Å².